The molecule has 1 heterocycles. The smallest absolute Gasteiger partial charge is 0.187 e. The summed E-state index contributed by atoms with van der Waals surface area (Å²) in [5, 5.41) is 0. The van der Waals surface area contributed by atoms with Crippen LogP contribution in [0.5, 0.6) is 5.75 Å². The molecule has 1 aromatic carbocycles. The van der Waals surface area contributed by atoms with E-state index in [0.29, 0.717) is 11.6 Å². The van der Waals surface area contributed by atoms with Gasteiger partial charge in [-0.15, -0.1) is 0 Å². The van der Waals surface area contributed by atoms with E-state index < -0.39 is 0 Å². The molecule has 0 saturated heterocycles. The van der Waals surface area contributed by atoms with Crippen LogP contribution in [-0.2, 0) is 0 Å². The summed E-state index contributed by atoms with van der Waals surface area (Å²) in [5.41, 5.74) is 8.59. The highest BCUT2D eigenvalue weighted by molar-refractivity contribution is 5.71. The van der Waals surface area contributed by atoms with Gasteiger partial charge in [0.1, 0.15) is 12.0 Å². The van der Waals surface area contributed by atoms with Crippen molar-refractivity contribution < 1.29 is 4.74 Å². The first-order valence-electron chi connectivity index (χ1n) is 4.94. The van der Waals surface area contributed by atoms with Crippen molar-refractivity contribution >= 4 is 5.82 Å². The van der Waals surface area contributed by atoms with Crippen LogP contribution in [0.25, 0.3) is 11.3 Å². The van der Waals surface area contributed by atoms with Gasteiger partial charge in [-0.2, -0.15) is 0 Å². The molecule has 0 radical (unpaired) electrons. The summed E-state index contributed by atoms with van der Waals surface area (Å²) in [6.45, 7) is 2.03. The van der Waals surface area contributed by atoms with E-state index in [1.54, 1.807) is 7.11 Å². The molecule has 0 amide bonds. The third-order valence-corrected chi connectivity index (χ3v) is 2.33. The van der Waals surface area contributed by atoms with Crippen molar-refractivity contribution in [2.75, 3.05) is 12.8 Å². The van der Waals surface area contributed by atoms with Gasteiger partial charge < -0.3 is 10.5 Å². The van der Waals surface area contributed by atoms with Crippen LogP contribution < -0.4 is 10.5 Å². The number of nitrogens with two attached hydrogens (primary N) is 1. The number of nitrogens with zero attached hydrogens (tertiary/aromatic N) is 2. The molecule has 0 bridgehead atoms. The van der Waals surface area contributed by atoms with E-state index in [2.05, 4.69) is 9.97 Å². The van der Waals surface area contributed by atoms with E-state index in [1.165, 1.54) is 6.33 Å². The summed E-state index contributed by atoms with van der Waals surface area (Å²) in [6, 6.07) is 8.00. The molecule has 2 rings (SSSR count). The largest absolute Gasteiger partial charge is 0.491 e. The summed E-state index contributed by atoms with van der Waals surface area (Å²) in [6.07, 6.45) is 1.44. The first kappa shape index (κ1) is 10.4. The van der Waals surface area contributed by atoms with Crippen molar-refractivity contribution in [3.05, 3.63) is 36.2 Å². The maximum Gasteiger partial charge on any atom is 0.187 e. The number of aryl methyl sites for hydroxylation is 1. The molecule has 0 fully saturated rings. The summed E-state index contributed by atoms with van der Waals surface area (Å²) in [7, 11) is 1.56. The lowest BCUT2D eigenvalue weighted by Gasteiger charge is -2.09. The molecule has 4 heteroatoms. The molecular weight excluding hydrogens is 202 g/mol. The van der Waals surface area contributed by atoms with Crippen LogP contribution in [0, 0.1) is 6.92 Å². The van der Waals surface area contributed by atoms with Crippen molar-refractivity contribution in [1.29, 1.82) is 0 Å². The third kappa shape index (κ3) is 1.82. The Balaban J connectivity index is 2.60. The van der Waals surface area contributed by atoms with Crippen LogP contribution in [0.2, 0.25) is 0 Å². The molecule has 0 saturated carbocycles. The average molecular weight is 215 g/mol. The Morgan fingerprint density at radius 1 is 1.25 bits per heavy atom. The molecule has 0 spiro atoms. The van der Waals surface area contributed by atoms with Gasteiger partial charge in [-0.1, -0.05) is 23.8 Å². The zero-order valence-electron chi connectivity index (χ0n) is 9.27. The van der Waals surface area contributed by atoms with E-state index in [-0.39, 0.29) is 0 Å². The van der Waals surface area contributed by atoms with E-state index in [4.69, 9.17) is 10.5 Å². The van der Waals surface area contributed by atoms with Gasteiger partial charge in [0.2, 0.25) is 0 Å². The molecule has 1 aromatic heterocycles. The average Bonchev–Trinajstić information content (AvgIpc) is 2.28. The zero-order valence-corrected chi connectivity index (χ0v) is 9.27. The second-order valence-corrected chi connectivity index (χ2v) is 3.51. The molecule has 0 aliphatic rings. The molecule has 2 N–H and O–H groups in total. The highest BCUT2D eigenvalue weighted by Crippen LogP contribution is 2.31. The van der Waals surface area contributed by atoms with Crippen molar-refractivity contribution in [3.8, 4) is 17.0 Å². The predicted molar refractivity (Wildman–Crippen MR) is 63.2 cm³/mol. The maximum atomic E-state index is 5.73. The molecule has 0 atom stereocenters. The summed E-state index contributed by atoms with van der Waals surface area (Å²) >= 11 is 0. The topological polar surface area (TPSA) is 61.0 Å². The molecule has 0 aliphatic carbocycles. The van der Waals surface area contributed by atoms with Gasteiger partial charge in [0.15, 0.2) is 11.6 Å². The third-order valence-electron chi connectivity index (χ3n) is 2.33. The summed E-state index contributed by atoms with van der Waals surface area (Å²) in [5.74, 6) is 0.877. The van der Waals surface area contributed by atoms with Gasteiger partial charge in [0, 0.05) is 5.56 Å². The number of anilines is 1. The predicted octanol–water partition coefficient (Wildman–Crippen LogP) is 2.04. The molecule has 82 valence electrons. The van der Waals surface area contributed by atoms with Gasteiger partial charge >= 0.3 is 0 Å². The normalized spacial score (nSPS) is 10.1. The van der Waals surface area contributed by atoms with Crippen LogP contribution in [-0.4, -0.2) is 17.1 Å². The quantitative estimate of drug-likeness (QED) is 0.832. The number of hydrogen-bond donors (Lipinski definition) is 1. The minimum Gasteiger partial charge on any atom is -0.491 e. The lowest BCUT2D eigenvalue weighted by atomic mass is 10.1. The maximum absolute atomic E-state index is 5.73. The standard InChI is InChI=1S/C12H13N3O/c1-8-4-3-5-9(6-8)10-11(16-2)12(13)15-7-14-10/h3-7H,1-2H3,(H2,13,14,15). The molecule has 16 heavy (non-hydrogen) atoms. The van der Waals surface area contributed by atoms with E-state index in [9.17, 15) is 0 Å². The van der Waals surface area contributed by atoms with Gasteiger partial charge in [-0.25, -0.2) is 9.97 Å². The molecule has 2 aromatic rings. The van der Waals surface area contributed by atoms with Crippen LogP contribution in [0.1, 0.15) is 5.56 Å². The number of ether oxygens (including phenoxy) is 1. The van der Waals surface area contributed by atoms with Gasteiger partial charge in [-0.05, 0) is 13.0 Å². The van der Waals surface area contributed by atoms with Crippen molar-refractivity contribution in [2.45, 2.75) is 6.92 Å². The Labute approximate surface area is 94.1 Å². The lowest BCUT2D eigenvalue weighted by Crippen LogP contribution is -1.99. The van der Waals surface area contributed by atoms with E-state index in [1.807, 2.05) is 31.2 Å². The Morgan fingerprint density at radius 3 is 2.75 bits per heavy atom. The number of rotatable bonds is 2. The Bertz CT molecular complexity index is 511. The fourth-order valence-electron chi connectivity index (χ4n) is 1.59. The van der Waals surface area contributed by atoms with Crippen LogP contribution in [0.4, 0.5) is 5.82 Å². The first-order chi connectivity index (χ1) is 7.72. The van der Waals surface area contributed by atoms with Gasteiger partial charge in [0.25, 0.3) is 0 Å². The number of benzene rings is 1. The van der Waals surface area contributed by atoms with Crippen LogP contribution >= 0.6 is 0 Å². The van der Waals surface area contributed by atoms with Crippen molar-refractivity contribution in [3.63, 3.8) is 0 Å². The highest BCUT2D eigenvalue weighted by atomic mass is 16.5. The van der Waals surface area contributed by atoms with Gasteiger partial charge in [0.05, 0.1) is 7.11 Å². The number of hydrogen-bond acceptors (Lipinski definition) is 4. The number of methoxy groups -OCH3 is 1. The van der Waals surface area contributed by atoms with Crippen LogP contribution in [0.15, 0.2) is 30.6 Å². The fourth-order valence-corrected chi connectivity index (χ4v) is 1.59. The monoisotopic (exact) mass is 215 g/mol. The molecule has 4 nitrogen and oxygen atoms in total. The Kier molecular flexibility index (Phi) is 2.72. The minimum atomic E-state index is 0.356. The zero-order chi connectivity index (χ0) is 11.5. The van der Waals surface area contributed by atoms with Gasteiger partial charge in [-0.3, -0.25) is 0 Å². The summed E-state index contributed by atoms with van der Waals surface area (Å²) < 4.78 is 5.22. The Morgan fingerprint density at radius 2 is 2.06 bits per heavy atom. The molecule has 0 unspecified atom stereocenters. The minimum absolute atomic E-state index is 0.356. The van der Waals surface area contributed by atoms with Crippen molar-refractivity contribution in [2.24, 2.45) is 0 Å². The highest BCUT2D eigenvalue weighted by Gasteiger charge is 2.11. The molecule has 0 aliphatic heterocycles. The number of nitrogen functional groups attached to an aromatic ring is 1. The van der Waals surface area contributed by atoms with Crippen LogP contribution in [0.3, 0.4) is 0 Å². The SMILES string of the molecule is COc1c(N)ncnc1-c1cccc(C)c1. The second kappa shape index (κ2) is 4.18. The Hall–Kier alpha value is -2.10. The van der Waals surface area contributed by atoms with Crippen molar-refractivity contribution in [1.82, 2.24) is 9.97 Å². The van der Waals surface area contributed by atoms with E-state index >= 15 is 0 Å². The van der Waals surface area contributed by atoms with E-state index in [0.717, 1.165) is 16.8 Å². The molecular formula is C12H13N3O. The first-order valence-corrected chi connectivity index (χ1v) is 4.94. The lowest BCUT2D eigenvalue weighted by molar-refractivity contribution is 0.415. The number of aromatic nitrogens is 2. The fraction of sp³-hybridized carbons (Fsp3) is 0.167. The second-order valence-electron chi connectivity index (χ2n) is 3.51. The summed E-state index contributed by atoms with van der Waals surface area (Å²) in [4.78, 5) is 8.11.